The van der Waals surface area contributed by atoms with E-state index in [1.807, 2.05) is 0 Å². The molecule has 11 atom stereocenters. The summed E-state index contributed by atoms with van der Waals surface area (Å²) in [5.41, 5.74) is 10.1. The van der Waals surface area contributed by atoms with Gasteiger partial charge in [0.15, 0.2) is 0 Å². The minimum Gasteiger partial charge on any atom is -0.380 e. The number of nitrogens with one attached hydrogen (secondary N) is 9. The molecule has 59 heavy (non-hydrogen) atoms. The van der Waals surface area contributed by atoms with Crippen molar-refractivity contribution in [3.8, 4) is 0 Å². The quantitative estimate of drug-likeness (QED) is 0.0414. The predicted molar refractivity (Wildman–Crippen MR) is 221 cm³/mol. The van der Waals surface area contributed by atoms with Gasteiger partial charge in [-0.3, -0.25) is 50.2 Å². The molecule has 5 amide bonds. The molecule has 0 aromatic carbocycles. The average molecular weight is 850 g/mol. The molecule has 19 heteroatoms. The highest BCUT2D eigenvalue weighted by Gasteiger charge is 2.55. The first-order valence-corrected chi connectivity index (χ1v) is 23.0. The molecule has 332 valence electrons. The number of fused-ring (bicyclic) bond motifs is 2. The van der Waals surface area contributed by atoms with Gasteiger partial charge >= 0.3 is 0 Å². The van der Waals surface area contributed by atoms with E-state index >= 15 is 0 Å². The molecular weight excluding hydrogens is 780 g/mol. The van der Waals surface area contributed by atoms with Gasteiger partial charge in [0.2, 0.25) is 29.5 Å². The van der Waals surface area contributed by atoms with Gasteiger partial charge in [0.25, 0.3) is 0 Å². The van der Waals surface area contributed by atoms with Crippen molar-refractivity contribution in [1.29, 1.82) is 0 Å². The summed E-state index contributed by atoms with van der Waals surface area (Å²) in [5, 5.41) is 24.5. The molecule has 0 aromatic rings. The number of carbonyl (C=O) groups is 5. The topological polar surface area (TPSA) is 213 Å². The van der Waals surface area contributed by atoms with Crippen molar-refractivity contribution in [3.05, 3.63) is 0 Å². The standard InChI is InChI=1S/C40H69ClN12O6/c1-3-24(4-2)31-20-33(53-37(47-31)29(41)21-45-53)46-26-10-9-25(19-26)44-22-35(55)43-14-6-16-51-23-27(49-50-51)13-17-59-18-15-42-30-8-5-7-28-36(30)40(58)52(39(28)57)32-11-12-34(54)48-38(32)56/h24-33,36-37,42,44-47,49-50H,3-23H2,1-2H3,(H,43,55)(H,48,54,56)/t25-,26-,27?,28?,29?,30?,31?,32?,33?,36?,37?/m0/s1. The number of hydrazine groups is 3. The van der Waals surface area contributed by atoms with Gasteiger partial charge in [-0.25, -0.2) is 15.4 Å². The number of nitrogens with zero attached hydrogens (tertiary/aromatic N) is 3. The molecule has 5 saturated heterocycles. The maximum atomic E-state index is 13.4. The number of piperidine rings is 1. The number of hydrogen-bond donors (Lipinski definition) is 9. The molecule has 18 nitrogen and oxygen atoms in total. The lowest BCUT2D eigenvalue weighted by molar-refractivity contribution is -0.151. The third-order valence-electron chi connectivity index (χ3n) is 13.9. The van der Waals surface area contributed by atoms with Crippen molar-refractivity contribution in [3.63, 3.8) is 0 Å². The van der Waals surface area contributed by atoms with E-state index < -0.39 is 23.8 Å². The molecule has 0 radical (unpaired) electrons. The minimum absolute atomic E-state index is 0.0305. The molecule has 7 rings (SSSR count). The first-order chi connectivity index (χ1) is 28.6. The number of halogens is 1. The summed E-state index contributed by atoms with van der Waals surface area (Å²) in [6.07, 6.45) is 11.1. The lowest BCUT2D eigenvalue weighted by Gasteiger charge is -2.46. The van der Waals surface area contributed by atoms with Gasteiger partial charge in [-0.2, -0.15) is 5.53 Å². The van der Waals surface area contributed by atoms with Crippen molar-refractivity contribution in [2.75, 3.05) is 52.5 Å². The Balaban J connectivity index is 0.710. The molecule has 5 heterocycles. The van der Waals surface area contributed by atoms with E-state index in [0.717, 1.165) is 88.7 Å². The summed E-state index contributed by atoms with van der Waals surface area (Å²) in [4.78, 5) is 64.5. The molecule has 2 aliphatic carbocycles. The van der Waals surface area contributed by atoms with E-state index in [1.54, 1.807) is 0 Å². The zero-order valence-electron chi connectivity index (χ0n) is 34.9. The van der Waals surface area contributed by atoms with Crippen LogP contribution in [0.5, 0.6) is 0 Å². The summed E-state index contributed by atoms with van der Waals surface area (Å²) in [7, 11) is 0. The van der Waals surface area contributed by atoms with E-state index in [0.29, 0.717) is 63.3 Å². The second-order valence-electron chi connectivity index (χ2n) is 17.7. The predicted octanol–water partition coefficient (Wildman–Crippen LogP) is -0.880. The Hall–Kier alpha value is -2.36. The van der Waals surface area contributed by atoms with Crippen LogP contribution in [-0.2, 0) is 28.7 Å². The monoisotopic (exact) mass is 849 g/mol. The zero-order valence-corrected chi connectivity index (χ0v) is 35.7. The number of alkyl halides is 1. The number of hydrogen-bond acceptors (Lipinski definition) is 15. The van der Waals surface area contributed by atoms with Crippen LogP contribution in [0, 0.1) is 17.8 Å². The molecule has 5 aliphatic heterocycles. The first kappa shape index (κ1) is 44.7. The normalized spacial score (nSPS) is 35.5. The van der Waals surface area contributed by atoms with Crippen LogP contribution in [0.2, 0.25) is 0 Å². The fourth-order valence-corrected chi connectivity index (χ4v) is 10.9. The Morgan fingerprint density at radius 2 is 1.80 bits per heavy atom. The summed E-state index contributed by atoms with van der Waals surface area (Å²) in [6.45, 7) is 9.53. The van der Waals surface area contributed by atoms with Crippen LogP contribution in [0.1, 0.15) is 97.3 Å². The van der Waals surface area contributed by atoms with Crippen LogP contribution in [0.15, 0.2) is 0 Å². The van der Waals surface area contributed by atoms with Gasteiger partial charge in [0, 0.05) is 76.0 Å². The molecule has 9 N–H and O–H groups in total. The number of rotatable bonds is 20. The summed E-state index contributed by atoms with van der Waals surface area (Å²) in [5.74, 6) is -1.77. The average Bonchev–Trinajstić information content (AvgIpc) is 4.02. The van der Waals surface area contributed by atoms with Crippen molar-refractivity contribution < 1.29 is 28.7 Å². The number of imide groups is 2. The summed E-state index contributed by atoms with van der Waals surface area (Å²) in [6, 6.07) is 0.358. The van der Waals surface area contributed by atoms with Crippen molar-refractivity contribution in [2.24, 2.45) is 17.8 Å². The van der Waals surface area contributed by atoms with Crippen LogP contribution in [0.25, 0.3) is 0 Å². The van der Waals surface area contributed by atoms with Crippen molar-refractivity contribution in [1.82, 2.24) is 63.2 Å². The first-order valence-electron chi connectivity index (χ1n) is 22.6. The minimum atomic E-state index is -0.903. The SMILES string of the molecule is CCC(CC)C1CC(N[C@H]2CC[C@H](NCC(=O)NCCCN3CC(CCOCCNC4CCCC5C(=O)N(C6CCC(=O)NC6=O)C(=O)C45)NN3)C2)N2NCC(Cl)C2N1. The maximum absolute atomic E-state index is 13.4. The van der Waals surface area contributed by atoms with E-state index in [9.17, 15) is 24.0 Å². The third kappa shape index (κ3) is 11.0. The van der Waals surface area contributed by atoms with Crippen LogP contribution in [0.3, 0.4) is 0 Å². The second kappa shape index (κ2) is 21.1. The van der Waals surface area contributed by atoms with Gasteiger partial charge in [-0.05, 0) is 63.7 Å². The molecule has 7 aliphatic rings. The maximum Gasteiger partial charge on any atom is 0.249 e. The Bertz CT molecular complexity index is 1480. The Kier molecular flexibility index (Phi) is 16.0. The third-order valence-corrected chi connectivity index (χ3v) is 14.3. The van der Waals surface area contributed by atoms with E-state index in [4.69, 9.17) is 16.3 Å². The Morgan fingerprint density at radius 1 is 0.966 bits per heavy atom. The van der Waals surface area contributed by atoms with Crippen molar-refractivity contribution >= 4 is 41.1 Å². The number of amides is 5. The molecular formula is C40H69ClN12O6. The Labute approximate surface area is 353 Å². The molecule has 0 aromatic heterocycles. The number of likely N-dealkylation sites (tertiary alicyclic amines) is 1. The fourth-order valence-electron chi connectivity index (χ4n) is 10.7. The molecule has 0 bridgehead atoms. The Morgan fingerprint density at radius 3 is 2.61 bits per heavy atom. The molecule has 0 spiro atoms. The fraction of sp³-hybridized carbons (Fsp3) is 0.875. The van der Waals surface area contributed by atoms with E-state index in [2.05, 4.69) is 72.2 Å². The number of carbonyl (C=O) groups excluding carboxylic acids is 5. The summed E-state index contributed by atoms with van der Waals surface area (Å²) < 4.78 is 5.92. The van der Waals surface area contributed by atoms with Gasteiger partial charge in [-0.15, -0.1) is 11.6 Å². The van der Waals surface area contributed by atoms with Crippen LogP contribution in [0.4, 0.5) is 0 Å². The van der Waals surface area contributed by atoms with Gasteiger partial charge in [0.05, 0.1) is 42.7 Å². The molecule has 7 fully saturated rings. The summed E-state index contributed by atoms with van der Waals surface area (Å²) >= 11 is 6.70. The van der Waals surface area contributed by atoms with Gasteiger partial charge in [-0.1, -0.05) is 33.1 Å². The second-order valence-corrected chi connectivity index (χ2v) is 18.3. The van der Waals surface area contributed by atoms with E-state index in [-0.39, 0.29) is 66.3 Å². The number of ether oxygens (including phenoxy) is 1. The zero-order chi connectivity index (χ0) is 41.5. The largest absolute Gasteiger partial charge is 0.380 e. The highest BCUT2D eigenvalue weighted by Crippen LogP contribution is 2.40. The smallest absolute Gasteiger partial charge is 0.249 e. The lowest BCUT2D eigenvalue weighted by Crippen LogP contribution is -2.67. The lowest BCUT2D eigenvalue weighted by atomic mass is 9.77. The van der Waals surface area contributed by atoms with Crippen LogP contribution < -0.4 is 48.3 Å². The van der Waals surface area contributed by atoms with Gasteiger partial charge in [0.1, 0.15) is 6.04 Å². The van der Waals surface area contributed by atoms with Crippen molar-refractivity contribution in [2.45, 2.75) is 151 Å². The molecule has 2 saturated carbocycles. The van der Waals surface area contributed by atoms with Gasteiger partial charge < -0.3 is 20.7 Å². The highest BCUT2D eigenvalue weighted by molar-refractivity contribution is 6.21. The van der Waals surface area contributed by atoms with E-state index in [1.165, 1.54) is 0 Å². The van der Waals surface area contributed by atoms with Crippen LogP contribution in [-0.4, -0.2) is 151 Å². The van der Waals surface area contributed by atoms with Crippen LogP contribution >= 0.6 is 11.6 Å². The molecule has 9 unspecified atom stereocenters. The highest BCUT2D eigenvalue weighted by atomic mass is 35.5.